The molecule has 1 saturated carbocycles. The van der Waals surface area contributed by atoms with Crippen molar-refractivity contribution < 1.29 is 22.5 Å². The third-order valence-corrected chi connectivity index (χ3v) is 7.80. The van der Waals surface area contributed by atoms with Gasteiger partial charge in [0, 0.05) is 23.2 Å². The molecule has 1 aromatic carbocycles. The first-order valence-corrected chi connectivity index (χ1v) is 13.6. The SMILES string of the molecule is NS(=O)(=O)OCC1CC(Nc2ncncc2C(=O)c2cc(Cc3cccc(Cl)c3)c(Cl)s2)C[C@@H]1O. The molecule has 0 aliphatic heterocycles. The summed E-state index contributed by atoms with van der Waals surface area (Å²) in [5.41, 5.74) is 2.05. The number of anilines is 1. The fourth-order valence-electron chi connectivity index (χ4n) is 4.02. The quantitative estimate of drug-likeness (QED) is 0.340. The van der Waals surface area contributed by atoms with Gasteiger partial charge in [0.05, 0.1) is 27.5 Å². The summed E-state index contributed by atoms with van der Waals surface area (Å²) in [7, 11) is -4.10. The molecular formula is C22H22Cl2N4O5S2. The molecule has 0 bridgehead atoms. The van der Waals surface area contributed by atoms with Crippen LogP contribution in [0.2, 0.25) is 9.36 Å². The molecule has 0 amide bonds. The monoisotopic (exact) mass is 556 g/mol. The molecular weight excluding hydrogens is 535 g/mol. The van der Waals surface area contributed by atoms with Crippen LogP contribution in [-0.2, 0) is 20.9 Å². The number of hydrogen-bond donors (Lipinski definition) is 3. The van der Waals surface area contributed by atoms with Crippen molar-refractivity contribution in [2.75, 3.05) is 11.9 Å². The summed E-state index contributed by atoms with van der Waals surface area (Å²) in [6, 6.07) is 8.93. The lowest BCUT2D eigenvalue weighted by molar-refractivity contribution is 0.101. The summed E-state index contributed by atoms with van der Waals surface area (Å²) in [6.07, 6.45) is 3.21. The molecule has 9 nitrogen and oxygen atoms in total. The van der Waals surface area contributed by atoms with Crippen LogP contribution >= 0.6 is 34.5 Å². The number of halogens is 2. The number of rotatable bonds is 9. The molecule has 13 heteroatoms. The normalized spacial score (nSPS) is 20.2. The van der Waals surface area contributed by atoms with Crippen molar-refractivity contribution in [3.05, 3.63) is 73.8 Å². The molecule has 2 aromatic heterocycles. The number of nitrogens with one attached hydrogen (secondary N) is 1. The number of carbonyl (C=O) groups excluding carboxylic acids is 1. The maximum atomic E-state index is 13.3. The minimum atomic E-state index is -4.10. The number of benzene rings is 1. The number of hydrogen-bond acceptors (Lipinski definition) is 9. The fraction of sp³-hybridized carbons (Fsp3) is 0.318. The Bertz CT molecular complexity index is 1330. The second kappa shape index (κ2) is 10.9. The first-order valence-electron chi connectivity index (χ1n) is 10.6. The highest BCUT2D eigenvalue weighted by Crippen LogP contribution is 2.33. The van der Waals surface area contributed by atoms with Gasteiger partial charge in [0.15, 0.2) is 0 Å². The van der Waals surface area contributed by atoms with Gasteiger partial charge in [-0.1, -0.05) is 35.3 Å². The van der Waals surface area contributed by atoms with Gasteiger partial charge in [-0.2, -0.15) is 8.42 Å². The molecule has 3 aromatic rings. The smallest absolute Gasteiger partial charge is 0.333 e. The van der Waals surface area contributed by atoms with Crippen LogP contribution in [0.3, 0.4) is 0 Å². The van der Waals surface area contributed by atoms with Gasteiger partial charge in [0.25, 0.3) is 0 Å². The van der Waals surface area contributed by atoms with E-state index in [1.807, 2.05) is 18.2 Å². The maximum Gasteiger partial charge on any atom is 0.333 e. The Morgan fingerprint density at radius 1 is 1.29 bits per heavy atom. The minimum absolute atomic E-state index is 0.225. The van der Waals surface area contributed by atoms with E-state index in [0.29, 0.717) is 39.3 Å². The third-order valence-electron chi connectivity index (χ3n) is 5.67. The predicted octanol–water partition coefficient (Wildman–Crippen LogP) is 3.44. The summed E-state index contributed by atoms with van der Waals surface area (Å²) in [5, 5.41) is 19.0. The molecule has 1 aliphatic carbocycles. The Morgan fingerprint density at radius 2 is 2.09 bits per heavy atom. The topological polar surface area (TPSA) is 144 Å². The number of aliphatic hydroxyl groups excluding tert-OH is 1. The second-order valence-electron chi connectivity index (χ2n) is 8.25. The largest absolute Gasteiger partial charge is 0.393 e. The van der Waals surface area contributed by atoms with Crippen molar-refractivity contribution in [3.8, 4) is 0 Å². The van der Waals surface area contributed by atoms with Crippen LogP contribution in [-0.4, -0.2) is 48.0 Å². The van der Waals surface area contributed by atoms with E-state index in [0.717, 1.165) is 11.1 Å². The van der Waals surface area contributed by atoms with Crippen LogP contribution in [0.4, 0.5) is 5.82 Å². The zero-order valence-electron chi connectivity index (χ0n) is 18.2. The number of nitrogens with two attached hydrogens (primary N) is 1. The maximum absolute atomic E-state index is 13.3. The molecule has 2 heterocycles. The number of nitrogens with zero attached hydrogens (tertiary/aromatic N) is 2. The van der Waals surface area contributed by atoms with Crippen LogP contribution in [0.15, 0.2) is 42.9 Å². The molecule has 186 valence electrons. The van der Waals surface area contributed by atoms with E-state index in [4.69, 9.17) is 28.3 Å². The summed E-state index contributed by atoms with van der Waals surface area (Å²) < 4.78 is 27.2. The summed E-state index contributed by atoms with van der Waals surface area (Å²) in [5.74, 6) is -0.405. The first kappa shape index (κ1) is 26.0. The van der Waals surface area contributed by atoms with E-state index in [2.05, 4.69) is 19.5 Å². The lowest BCUT2D eigenvalue weighted by Gasteiger charge is -2.15. The van der Waals surface area contributed by atoms with Crippen LogP contribution in [0.1, 0.15) is 39.2 Å². The average molecular weight is 557 g/mol. The number of aromatic nitrogens is 2. The Labute approximate surface area is 216 Å². The van der Waals surface area contributed by atoms with Gasteiger partial charge in [0.1, 0.15) is 12.1 Å². The highest BCUT2D eigenvalue weighted by Gasteiger charge is 2.35. The molecule has 0 spiro atoms. The van der Waals surface area contributed by atoms with E-state index < -0.39 is 22.3 Å². The van der Waals surface area contributed by atoms with Crippen LogP contribution in [0.25, 0.3) is 0 Å². The number of ketones is 1. The fourth-order valence-corrected chi connectivity index (χ4v) is 5.83. The van der Waals surface area contributed by atoms with E-state index >= 15 is 0 Å². The number of thiophene rings is 1. The Kier molecular flexibility index (Phi) is 8.06. The average Bonchev–Trinajstić information content (AvgIpc) is 3.33. The minimum Gasteiger partial charge on any atom is -0.393 e. The van der Waals surface area contributed by atoms with Gasteiger partial charge in [-0.25, -0.2) is 15.1 Å². The van der Waals surface area contributed by atoms with E-state index in [-0.39, 0.29) is 24.0 Å². The van der Waals surface area contributed by atoms with Crippen molar-refractivity contribution >= 4 is 56.4 Å². The molecule has 1 fully saturated rings. The molecule has 1 aliphatic rings. The van der Waals surface area contributed by atoms with E-state index in [1.54, 1.807) is 12.1 Å². The van der Waals surface area contributed by atoms with E-state index in [9.17, 15) is 18.3 Å². The van der Waals surface area contributed by atoms with Crippen molar-refractivity contribution in [1.29, 1.82) is 0 Å². The first-order chi connectivity index (χ1) is 16.6. The molecule has 4 N–H and O–H groups in total. The zero-order valence-corrected chi connectivity index (χ0v) is 21.4. The number of carbonyl (C=O) groups is 1. The molecule has 0 saturated heterocycles. The zero-order chi connectivity index (χ0) is 25.2. The Morgan fingerprint density at radius 3 is 2.83 bits per heavy atom. The molecule has 4 rings (SSSR count). The molecule has 0 radical (unpaired) electrons. The predicted molar refractivity (Wildman–Crippen MR) is 134 cm³/mol. The van der Waals surface area contributed by atoms with Gasteiger partial charge in [-0.15, -0.1) is 11.3 Å². The van der Waals surface area contributed by atoms with Crippen LogP contribution in [0, 0.1) is 5.92 Å². The Hall–Kier alpha value is -2.12. The van der Waals surface area contributed by atoms with Gasteiger partial charge in [-0.05, 0) is 48.6 Å². The van der Waals surface area contributed by atoms with Crippen molar-refractivity contribution in [2.45, 2.75) is 31.4 Å². The van der Waals surface area contributed by atoms with Gasteiger partial charge >= 0.3 is 10.3 Å². The van der Waals surface area contributed by atoms with Crippen molar-refractivity contribution in [2.24, 2.45) is 11.1 Å². The lowest BCUT2D eigenvalue weighted by atomic mass is 10.1. The van der Waals surface area contributed by atoms with E-state index in [1.165, 1.54) is 23.9 Å². The molecule has 3 atom stereocenters. The summed E-state index contributed by atoms with van der Waals surface area (Å²) >= 11 is 13.7. The van der Waals surface area contributed by atoms with Crippen molar-refractivity contribution in [3.63, 3.8) is 0 Å². The van der Waals surface area contributed by atoms with Gasteiger partial charge < -0.3 is 10.4 Å². The van der Waals surface area contributed by atoms with Gasteiger partial charge in [0.2, 0.25) is 5.78 Å². The van der Waals surface area contributed by atoms with Crippen LogP contribution < -0.4 is 10.5 Å². The second-order valence-corrected chi connectivity index (χ2v) is 11.6. The Balaban J connectivity index is 1.48. The lowest BCUT2D eigenvalue weighted by Crippen LogP contribution is -2.24. The van der Waals surface area contributed by atoms with Crippen LogP contribution in [0.5, 0.6) is 0 Å². The highest BCUT2D eigenvalue weighted by molar-refractivity contribution is 7.84. The highest BCUT2D eigenvalue weighted by atomic mass is 35.5. The van der Waals surface area contributed by atoms with Gasteiger partial charge in [-0.3, -0.25) is 8.98 Å². The van der Waals surface area contributed by atoms with Crippen molar-refractivity contribution in [1.82, 2.24) is 9.97 Å². The number of aliphatic hydroxyl groups is 1. The summed E-state index contributed by atoms with van der Waals surface area (Å²) in [6.45, 7) is -0.225. The third kappa shape index (κ3) is 6.76. The molecule has 2 unspecified atom stereocenters. The standard InChI is InChI=1S/C22H22Cl2N4O5S2/c23-15-3-1-2-12(5-15)4-13-7-19(34-21(13)24)20(30)17-9-26-11-27-22(17)28-16-6-14(18(29)8-16)10-33-35(25,31)32/h1-3,5,7,9,11,14,16,18,29H,4,6,8,10H2,(H2,25,31,32)(H,26,27,28)/t14?,16?,18-/m0/s1. The summed E-state index contributed by atoms with van der Waals surface area (Å²) in [4.78, 5) is 22.0. The molecule has 35 heavy (non-hydrogen) atoms.